The van der Waals surface area contributed by atoms with Gasteiger partial charge >= 0.3 is 0 Å². The molecule has 0 amide bonds. The fraction of sp³-hybridized carbons (Fsp3) is 0.143. The van der Waals surface area contributed by atoms with E-state index in [0.717, 1.165) is 5.56 Å². The first-order chi connectivity index (χ1) is 9.38. The SMILES string of the molecule is CC(=O)c1ccc(S(=O)(=O)Nc2cncc(C)c2)cc1. The lowest BCUT2D eigenvalue weighted by atomic mass is 10.2. The molecule has 0 radical (unpaired) electrons. The van der Waals surface area contributed by atoms with E-state index in [1.165, 1.54) is 37.4 Å². The van der Waals surface area contributed by atoms with Crippen LogP contribution in [0.3, 0.4) is 0 Å². The Kier molecular flexibility index (Phi) is 3.85. The van der Waals surface area contributed by atoms with Gasteiger partial charge in [-0.2, -0.15) is 0 Å². The molecule has 0 aliphatic rings. The number of carbonyl (C=O) groups excluding carboxylic acids is 1. The monoisotopic (exact) mass is 290 g/mol. The number of aryl methyl sites for hydroxylation is 1. The highest BCUT2D eigenvalue weighted by atomic mass is 32.2. The molecule has 1 N–H and O–H groups in total. The first-order valence-electron chi connectivity index (χ1n) is 5.94. The second kappa shape index (κ2) is 5.42. The molecule has 0 unspecified atom stereocenters. The molecule has 0 atom stereocenters. The zero-order valence-electron chi connectivity index (χ0n) is 11.1. The minimum atomic E-state index is -3.67. The van der Waals surface area contributed by atoms with E-state index in [2.05, 4.69) is 9.71 Å². The molecule has 0 spiro atoms. The van der Waals surface area contributed by atoms with Gasteiger partial charge in [0.1, 0.15) is 0 Å². The van der Waals surface area contributed by atoms with Crippen LogP contribution >= 0.6 is 0 Å². The number of pyridine rings is 1. The van der Waals surface area contributed by atoms with Gasteiger partial charge in [0.2, 0.25) is 0 Å². The predicted octanol–water partition coefficient (Wildman–Crippen LogP) is 2.39. The second-order valence-electron chi connectivity index (χ2n) is 4.44. The van der Waals surface area contributed by atoms with Crippen molar-refractivity contribution < 1.29 is 13.2 Å². The maximum atomic E-state index is 12.2. The molecule has 104 valence electrons. The van der Waals surface area contributed by atoms with E-state index in [1.54, 1.807) is 12.3 Å². The Bertz CT molecular complexity index is 737. The number of carbonyl (C=O) groups is 1. The van der Waals surface area contributed by atoms with Crippen LogP contribution in [0.2, 0.25) is 0 Å². The van der Waals surface area contributed by atoms with Crippen molar-refractivity contribution in [3.63, 3.8) is 0 Å². The summed E-state index contributed by atoms with van der Waals surface area (Å²) >= 11 is 0. The minimum Gasteiger partial charge on any atom is -0.295 e. The van der Waals surface area contributed by atoms with E-state index in [9.17, 15) is 13.2 Å². The Labute approximate surface area is 117 Å². The van der Waals surface area contributed by atoms with Crippen LogP contribution in [0.25, 0.3) is 0 Å². The molecule has 0 fully saturated rings. The summed E-state index contributed by atoms with van der Waals surface area (Å²) < 4.78 is 26.8. The van der Waals surface area contributed by atoms with Gasteiger partial charge in [-0.25, -0.2) is 8.42 Å². The zero-order valence-corrected chi connectivity index (χ0v) is 11.9. The third-order valence-corrected chi connectivity index (χ3v) is 4.10. The summed E-state index contributed by atoms with van der Waals surface area (Å²) in [5.41, 5.74) is 1.74. The third-order valence-electron chi connectivity index (χ3n) is 2.70. The standard InChI is InChI=1S/C14H14N2O3S/c1-10-7-13(9-15-8-10)16-20(18,19)14-5-3-12(4-6-14)11(2)17/h3-9,16H,1-2H3. The number of ketones is 1. The maximum Gasteiger partial charge on any atom is 0.261 e. The summed E-state index contributed by atoms with van der Waals surface area (Å²) in [4.78, 5) is 15.2. The summed E-state index contributed by atoms with van der Waals surface area (Å²) in [6.07, 6.45) is 3.08. The molecular formula is C14H14N2O3S. The Morgan fingerprint density at radius 3 is 2.35 bits per heavy atom. The van der Waals surface area contributed by atoms with Gasteiger partial charge in [0.15, 0.2) is 5.78 Å². The van der Waals surface area contributed by atoms with E-state index in [4.69, 9.17) is 0 Å². The Balaban J connectivity index is 2.28. The second-order valence-corrected chi connectivity index (χ2v) is 6.12. The van der Waals surface area contributed by atoms with Gasteiger partial charge < -0.3 is 0 Å². The van der Waals surface area contributed by atoms with E-state index in [0.29, 0.717) is 11.3 Å². The van der Waals surface area contributed by atoms with Crippen molar-refractivity contribution in [2.24, 2.45) is 0 Å². The number of hydrogen-bond acceptors (Lipinski definition) is 4. The van der Waals surface area contributed by atoms with Crippen molar-refractivity contribution >= 4 is 21.5 Å². The molecule has 2 aromatic rings. The average Bonchev–Trinajstić information content (AvgIpc) is 2.38. The van der Waals surface area contributed by atoms with Crippen molar-refractivity contribution in [1.82, 2.24) is 4.98 Å². The van der Waals surface area contributed by atoms with E-state index >= 15 is 0 Å². The topological polar surface area (TPSA) is 76.1 Å². The summed E-state index contributed by atoms with van der Waals surface area (Å²) in [5, 5.41) is 0. The molecule has 6 heteroatoms. The molecule has 1 aromatic heterocycles. The molecule has 0 saturated carbocycles. The number of nitrogens with zero attached hydrogens (tertiary/aromatic N) is 1. The lowest BCUT2D eigenvalue weighted by molar-refractivity contribution is 0.101. The van der Waals surface area contributed by atoms with Crippen molar-refractivity contribution in [2.75, 3.05) is 4.72 Å². The molecule has 0 saturated heterocycles. The number of aromatic nitrogens is 1. The molecule has 0 aliphatic carbocycles. The number of benzene rings is 1. The fourth-order valence-corrected chi connectivity index (χ4v) is 2.73. The van der Waals surface area contributed by atoms with Crippen LogP contribution in [0.4, 0.5) is 5.69 Å². The van der Waals surface area contributed by atoms with E-state index < -0.39 is 10.0 Å². The Morgan fingerprint density at radius 1 is 1.15 bits per heavy atom. The minimum absolute atomic E-state index is 0.101. The number of rotatable bonds is 4. The normalized spacial score (nSPS) is 11.1. The van der Waals surface area contributed by atoms with Crippen molar-refractivity contribution in [3.05, 3.63) is 53.9 Å². The smallest absolute Gasteiger partial charge is 0.261 e. The number of sulfonamides is 1. The van der Waals surface area contributed by atoms with Crippen LogP contribution in [0.15, 0.2) is 47.6 Å². The zero-order chi connectivity index (χ0) is 14.8. The lowest BCUT2D eigenvalue weighted by Gasteiger charge is -2.08. The molecule has 2 rings (SSSR count). The van der Waals surface area contributed by atoms with Crippen LogP contribution in [0, 0.1) is 6.92 Å². The van der Waals surface area contributed by atoms with Crippen LogP contribution in [-0.4, -0.2) is 19.2 Å². The Hall–Kier alpha value is -2.21. The number of Topliss-reactive ketones (excluding diaryl/α,β-unsaturated/α-hetero) is 1. The highest BCUT2D eigenvalue weighted by Gasteiger charge is 2.14. The van der Waals surface area contributed by atoms with Crippen LogP contribution < -0.4 is 4.72 Å². The highest BCUT2D eigenvalue weighted by molar-refractivity contribution is 7.92. The summed E-state index contributed by atoms with van der Waals surface area (Å²) in [7, 11) is -3.67. The molecular weight excluding hydrogens is 276 g/mol. The first-order valence-corrected chi connectivity index (χ1v) is 7.42. The number of hydrogen-bond donors (Lipinski definition) is 1. The van der Waals surface area contributed by atoms with Crippen LogP contribution in [0.5, 0.6) is 0 Å². The van der Waals surface area contributed by atoms with Gasteiger partial charge in [0.05, 0.1) is 16.8 Å². The van der Waals surface area contributed by atoms with E-state index in [-0.39, 0.29) is 10.7 Å². The van der Waals surface area contributed by atoms with Crippen LogP contribution in [0.1, 0.15) is 22.8 Å². The number of anilines is 1. The molecule has 0 bridgehead atoms. The largest absolute Gasteiger partial charge is 0.295 e. The summed E-state index contributed by atoms with van der Waals surface area (Å²) in [5.74, 6) is -0.107. The van der Waals surface area contributed by atoms with Gasteiger partial charge in [-0.1, -0.05) is 12.1 Å². The molecule has 0 aliphatic heterocycles. The molecule has 1 heterocycles. The highest BCUT2D eigenvalue weighted by Crippen LogP contribution is 2.16. The van der Waals surface area contributed by atoms with E-state index in [1.807, 2.05) is 6.92 Å². The van der Waals surface area contributed by atoms with Gasteiger partial charge in [0, 0.05) is 11.8 Å². The predicted molar refractivity (Wildman–Crippen MR) is 76.2 cm³/mol. The van der Waals surface area contributed by atoms with Gasteiger partial charge in [-0.3, -0.25) is 14.5 Å². The molecule has 5 nitrogen and oxygen atoms in total. The summed E-state index contributed by atoms with van der Waals surface area (Å²) in [6, 6.07) is 7.48. The van der Waals surface area contributed by atoms with Crippen LogP contribution in [-0.2, 0) is 10.0 Å². The summed E-state index contributed by atoms with van der Waals surface area (Å²) in [6.45, 7) is 3.26. The maximum absolute atomic E-state index is 12.2. The van der Waals surface area contributed by atoms with Crippen molar-refractivity contribution in [2.45, 2.75) is 18.7 Å². The first kappa shape index (κ1) is 14.2. The number of nitrogens with one attached hydrogen (secondary N) is 1. The molecule has 20 heavy (non-hydrogen) atoms. The van der Waals surface area contributed by atoms with Gasteiger partial charge in [-0.05, 0) is 37.6 Å². The van der Waals surface area contributed by atoms with Crippen molar-refractivity contribution in [1.29, 1.82) is 0 Å². The third kappa shape index (κ3) is 3.21. The quantitative estimate of drug-likeness (QED) is 0.877. The lowest BCUT2D eigenvalue weighted by Crippen LogP contribution is -2.13. The van der Waals surface area contributed by atoms with Gasteiger partial charge in [-0.15, -0.1) is 0 Å². The fourth-order valence-electron chi connectivity index (χ4n) is 1.69. The van der Waals surface area contributed by atoms with Crippen molar-refractivity contribution in [3.8, 4) is 0 Å². The Morgan fingerprint density at radius 2 is 1.80 bits per heavy atom. The average molecular weight is 290 g/mol. The van der Waals surface area contributed by atoms with Gasteiger partial charge in [0.25, 0.3) is 10.0 Å². The molecule has 1 aromatic carbocycles.